The van der Waals surface area contributed by atoms with Crippen LogP contribution in [0.4, 0.5) is 0 Å². The number of thioether (sulfide) groups is 2. The minimum absolute atomic E-state index is 0.368. The number of aryl methyl sites for hydroxylation is 1. The Morgan fingerprint density at radius 1 is 1.36 bits per heavy atom. The summed E-state index contributed by atoms with van der Waals surface area (Å²) in [5, 5.41) is 10.7. The summed E-state index contributed by atoms with van der Waals surface area (Å²) in [4.78, 5) is 8.55. The van der Waals surface area contributed by atoms with Gasteiger partial charge in [0, 0.05) is 48.9 Å². The Labute approximate surface area is 136 Å². The molecular formula is C14H14N6S2. The van der Waals surface area contributed by atoms with Crippen molar-refractivity contribution in [1.29, 1.82) is 0 Å². The smallest absolute Gasteiger partial charge is 0.191 e. The molecule has 0 aliphatic carbocycles. The second-order valence-electron chi connectivity index (χ2n) is 5.01. The number of rotatable bonds is 4. The molecule has 0 N–H and O–H groups in total. The summed E-state index contributed by atoms with van der Waals surface area (Å²) in [5.74, 6) is 2.88. The highest BCUT2D eigenvalue weighted by atomic mass is 32.2. The highest BCUT2D eigenvalue weighted by molar-refractivity contribution is 8.00. The van der Waals surface area contributed by atoms with Crippen molar-refractivity contribution >= 4 is 23.5 Å². The van der Waals surface area contributed by atoms with E-state index in [1.807, 2.05) is 42.3 Å². The van der Waals surface area contributed by atoms with Crippen molar-refractivity contribution in [2.24, 2.45) is 7.05 Å². The Hall–Kier alpha value is -1.80. The maximum Gasteiger partial charge on any atom is 0.191 e. The van der Waals surface area contributed by atoms with Crippen LogP contribution in [0.2, 0.25) is 0 Å². The average Bonchev–Trinajstić information content (AvgIpc) is 3.23. The van der Waals surface area contributed by atoms with Gasteiger partial charge in [0.15, 0.2) is 16.1 Å². The third kappa shape index (κ3) is 2.42. The number of pyridine rings is 1. The molecule has 0 aromatic carbocycles. The Morgan fingerprint density at radius 3 is 3.09 bits per heavy atom. The molecule has 1 aliphatic heterocycles. The number of fused-ring (bicyclic) bond motifs is 1. The predicted octanol–water partition coefficient (Wildman–Crippen LogP) is 2.51. The lowest BCUT2D eigenvalue weighted by molar-refractivity contribution is 0.596. The molecule has 22 heavy (non-hydrogen) atoms. The van der Waals surface area contributed by atoms with Gasteiger partial charge >= 0.3 is 0 Å². The van der Waals surface area contributed by atoms with Gasteiger partial charge < -0.3 is 4.57 Å². The summed E-state index contributed by atoms with van der Waals surface area (Å²) in [6.45, 7) is 0. The standard InChI is InChI=1S/C14H14N6S2/c1-19-6-5-16-13(19)21-8-11-9-22-14-18-17-12(20(11)14)10-3-2-4-15-7-10/h2-7,11H,8-9H2,1H3. The van der Waals surface area contributed by atoms with Crippen LogP contribution in [0.25, 0.3) is 11.4 Å². The average molecular weight is 330 g/mol. The zero-order valence-corrected chi connectivity index (χ0v) is 13.6. The largest absolute Gasteiger partial charge is 0.329 e. The molecule has 4 rings (SSSR count). The quantitative estimate of drug-likeness (QED) is 0.685. The van der Waals surface area contributed by atoms with E-state index >= 15 is 0 Å². The molecule has 0 fully saturated rings. The molecule has 1 atom stereocenters. The number of hydrogen-bond donors (Lipinski definition) is 0. The molecule has 8 heteroatoms. The molecule has 0 bridgehead atoms. The fourth-order valence-electron chi connectivity index (χ4n) is 2.43. The van der Waals surface area contributed by atoms with Crippen LogP contribution in [0.5, 0.6) is 0 Å². The first kappa shape index (κ1) is 13.8. The van der Waals surface area contributed by atoms with E-state index in [9.17, 15) is 0 Å². The van der Waals surface area contributed by atoms with Crippen molar-refractivity contribution in [2.75, 3.05) is 11.5 Å². The number of aromatic nitrogens is 6. The summed E-state index contributed by atoms with van der Waals surface area (Å²) in [7, 11) is 2.02. The molecule has 3 aromatic rings. The van der Waals surface area contributed by atoms with Crippen molar-refractivity contribution in [3.05, 3.63) is 36.9 Å². The Morgan fingerprint density at radius 2 is 2.32 bits per heavy atom. The van der Waals surface area contributed by atoms with Crippen molar-refractivity contribution in [3.63, 3.8) is 0 Å². The summed E-state index contributed by atoms with van der Waals surface area (Å²) < 4.78 is 4.28. The zero-order valence-electron chi connectivity index (χ0n) is 12.0. The van der Waals surface area contributed by atoms with E-state index in [2.05, 4.69) is 24.7 Å². The lowest BCUT2D eigenvalue weighted by Gasteiger charge is -2.13. The maximum absolute atomic E-state index is 4.37. The summed E-state index contributed by atoms with van der Waals surface area (Å²) in [6.07, 6.45) is 7.41. The summed E-state index contributed by atoms with van der Waals surface area (Å²) in [6, 6.07) is 4.32. The fourth-order valence-corrected chi connectivity index (χ4v) is 4.67. The molecule has 3 aromatic heterocycles. The third-order valence-electron chi connectivity index (χ3n) is 3.54. The number of nitrogens with zero attached hydrogens (tertiary/aromatic N) is 6. The molecular weight excluding hydrogens is 316 g/mol. The Bertz CT molecular complexity index is 782. The molecule has 112 valence electrons. The van der Waals surface area contributed by atoms with Crippen LogP contribution in [0, 0.1) is 0 Å². The first-order valence-corrected chi connectivity index (χ1v) is 8.88. The lowest BCUT2D eigenvalue weighted by atomic mass is 10.2. The van der Waals surface area contributed by atoms with Crippen LogP contribution in [0.1, 0.15) is 6.04 Å². The lowest BCUT2D eigenvalue weighted by Crippen LogP contribution is -2.11. The highest BCUT2D eigenvalue weighted by Crippen LogP contribution is 2.38. The predicted molar refractivity (Wildman–Crippen MR) is 86.9 cm³/mol. The van der Waals surface area contributed by atoms with Crippen molar-refractivity contribution < 1.29 is 0 Å². The fraction of sp³-hybridized carbons (Fsp3) is 0.286. The van der Waals surface area contributed by atoms with Gasteiger partial charge in [0.25, 0.3) is 0 Å². The molecule has 4 heterocycles. The first-order chi connectivity index (χ1) is 10.8. The minimum Gasteiger partial charge on any atom is -0.329 e. The van der Waals surface area contributed by atoms with Crippen LogP contribution in [0.15, 0.2) is 47.2 Å². The van der Waals surface area contributed by atoms with Crippen molar-refractivity contribution in [3.8, 4) is 11.4 Å². The molecule has 0 saturated heterocycles. The molecule has 0 spiro atoms. The topological polar surface area (TPSA) is 61.4 Å². The van der Waals surface area contributed by atoms with Gasteiger partial charge in [-0.2, -0.15) is 0 Å². The maximum atomic E-state index is 4.37. The van der Waals surface area contributed by atoms with Gasteiger partial charge in [0.05, 0.1) is 6.04 Å². The Kier molecular flexibility index (Phi) is 3.63. The SMILES string of the molecule is Cn1ccnc1SCC1CSc2nnc(-c3cccnc3)n21. The van der Waals surface area contributed by atoms with Crippen LogP contribution in [-0.2, 0) is 7.05 Å². The number of hydrogen-bond acceptors (Lipinski definition) is 6. The van der Waals surface area contributed by atoms with Gasteiger partial charge in [-0.1, -0.05) is 23.5 Å². The molecule has 0 amide bonds. The molecule has 6 nitrogen and oxygen atoms in total. The van der Waals surface area contributed by atoms with Crippen LogP contribution in [0.3, 0.4) is 0 Å². The molecule has 0 radical (unpaired) electrons. The number of imidazole rings is 1. The second-order valence-corrected chi connectivity index (χ2v) is 6.99. The molecule has 0 saturated carbocycles. The first-order valence-electron chi connectivity index (χ1n) is 6.91. The van der Waals surface area contributed by atoms with E-state index in [-0.39, 0.29) is 0 Å². The van der Waals surface area contributed by atoms with E-state index in [0.29, 0.717) is 6.04 Å². The zero-order chi connectivity index (χ0) is 14.9. The molecule has 1 unspecified atom stereocenters. The minimum atomic E-state index is 0.368. The summed E-state index contributed by atoms with van der Waals surface area (Å²) >= 11 is 3.53. The van der Waals surface area contributed by atoms with Gasteiger partial charge in [-0.3, -0.25) is 9.55 Å². The van der Waals surface area contributed by atoms with E-state index in [1.54, 1.807) is 29.7 Å². The van der Waals surface area contributed by atoms with Crippen LogP contribution in [-0.4, -0.2) is 40.8 Å². The Balaban J connectivity index is 1.59. The van der Waals surface area contributed by atoms with Crippen LogP contribution < -0.4 is 0 Å². The second kappa shape index (κ2) is 5.77. The van der Waals surface area contributed by atoms with Gasteiger partial charge in [-0.25, -0.2) is 4.98 Å². The van der Waals surface area contributed by atoms with Crippen molar-refractivity contribution in [1.82, 2.24) is 29.3 Å². The normalized spacial score (nSPS) is 16.9. The van der Waals surface area contributed by atoms with Gasteiger partial charge in [0.1, 0.15) is 0 Å². The van der Waals surface area contributed by atoms with E-state index in [0.717, 1.165) is 33.2 Å². The van der Waals surface area contributed by atoms with E-state index < -0.39 is 0 Å². The van der Waals surface area contributed by atoms with E-state index in [4.69, 9.17) is 0 Å². The van der Waals surface area contributed by atoms with Gasteiger partial charge in [-0.05, 0) is 12.1 Å². The van der Waals surface area contributed by atoms with E-state index in [1.165, 1.54) is 0 Å². The highest BCUT2D eigenvalue weighted by Gasteiger charge is 2.28. The van der Waals surface area contributed by atoms with Gasteiger partial charge in [-0.15, -0.1) is 10.2 Å². The van der Waals surface area contributed by atoms with Crippen LogP contribution >= 0.6 is 23.5 Å². The van der Waals surface area contributed by atoms with Crippen molar-refractivity contribution in [2.45, 2.75) is 16.4 Å². The monoisotopic (exact) mass is 330 g/mol. The third-order valence-corrected chi connectivity index (χ3v) is 5.83. The summed E-state index contributed by atoms with van der Waals surface area (Å²) in [5.41, 5.74) is 1.01. The van der Waals surface area contributed by atoms with Gasteiger partial charge in [0.2, 0.25) is 0 Å². The molecule has 1 aliphatic rings.